The summed E-state index contributed by atoms with van der Waals surface area (Å²) >= 11 is 0. The van der Waals surface area contributed by atoms with E-state index in [-0.39, 0.29) is 5.41 Å². The number of rotatable bonds is 1. The van der Waals surface area contributed by atoms with Gasteiger partial charge in [0.2, 0.25) is 0 Å². The van der Waals surface area contributed by atoms with Gasteiger partial charge in [0, 0.05) is 36.0 Å². The topological polar surface area (TPSA) is 24.9 Å². The van der Waals surface area contributed by atoms with Crippen molar-refractivity contribution in [3.63, 3.8) is 0 Å². The van der Waals surface area contributed by atoms with Crippen LogP contribution in [0.4, 0.5) is 14.5 Å². The Balaban J connectivity index is 2.84. The molecule has 0 saturated heterocycles. The second-order valence-corrected chi connectivity index (χ2v) is 5.34. The fourth-order valence-corrected chi connectivity index (χ4v) is 1.87. The highest BCUT2D eigenvalue weighted by molar-refractivity contribution is 5.92. The number of hydrogen-bond donors (Lipinski definition) is 1. The SMILES string of the molecule is CNc1cc(C(C)(C)C)nc2cc(F)cc(F)c12. The largest absolute Gasteiger partial charge is 0.387 e. The second kappa shape index (κ2) is 4.19. The predicted octanol–water partition coefficient (Wildman–Crippen LogP) is 3.85. The molecule has 18 heavy (non-hydrogen) atoms. The molecule has 4 heteroatoms. The van der Waals surface area contributed by atoms with E-state index in [0.717, 1.165) is 11.8 Å². The van der Waals surface area contributed by atoms with Crippen LogP contribution in [0.25, 0.3) is 10.9 Å². The molecule has 0 aliphatic rings. The van der Waals surface area contributed by atoms with Gasteiger partial charge in [0.1, 0.15) is 11.6 Å². The molecule has 2 rings (SSSR count). The maximum atomic E-state index is 13.8. The van der Waals surface area contributed by atoms with Gasteiger partial charge >= 0.3 is 0 Å². The molecule has 1 N–H and O–H groups in total. The lowest BCUT2D eigenvalue weighted by atomic mass is 9.90. The lowest BCUT2D eigenvalue weighted by Gasteiger charge is -2.20. The van der Waals surface area contributed by atoms with Crippen LogP contribution in [0.1, 0.15) is 26.5 Å². The predicted molar refractivity (Wildman–Crippen MR) is 69.9 cm³/mol. The van der Waals surface area contributed by atoms with Crippen molar-refractivity contribution in [1.82, 2.24) is 4.98 Å². The van der Waals surface area contributed by atoms with Crippen molar-refractivity contribution in [3.05, 3.63) is 35.5 Å². The monoisotopic (exact) mass is 250 g/mol. The molecule has 0 unspecified atom stereocenters. The molecular weight excluding hydrogens is 234 g/mol. The van der Waals surface area contributed by atoms with Gasteiger partial charge in [-0.2, -0.15) is 0 Å². The van der Waals surface area contributed by atoms with Crippen LogP contribution >= 0.6 is 0 Å². The average molecular weight is 250 g/mol. The van der Waals surface area contributed by atoms with Crippen molar-refractivity contribution in [3.8, 4) is 0 Å². The molecule has 0 bridgehead atoms. The third-order valence-corrected chi connectivity index (χ3v) is 2.86. The number of aromatic nitrogens is 1. The first-order valence-corrected chi connectivity index (χ1v) is 5.81. The van der Waals surface area contributed by atoms with Gasteiger partial charge in [-0.3, -0.25) is 4.98 Å². The first-order valence-electron chi connectivity index (χ1n) is 5.81. The zero-order valence-corrected chi connectivity index (χ0v) is 10.9. The maximum absolute atomic E-state index is 13.8. The second-order valence-electron chi connectivity index (χ2n) is 5.34. The Kier molecular flexibility index (Phi) is 2.97. The Labute approximate surface area is 105 Å². The average Bonchev–Trinajstić information content (AvgIpc) is 2.25. The van der Waals surface area contributed by atoms with E-state index in [2.05, 4.69) is 10.3 Å². The summed E-state index contributed by atoms with van der Waals surface area (Å²) in [6, 6.07) is 3.94. The Morgan fingerprint density at radius 2 is 1.78 bits per heavy atom. The van der Waals surface area contributed by atoms with Gasteiger partial charge in [-0.1, -0.05) is 20.8 Å². The number of anilines is 1. The lowest BCUT2D eigenvalue weighted by molar-refractivity contribution is 0.569. The maximum Gasteiger partial charge on any atom is 0.137 e. The first-order chi connectivity index (χ1) is 8.32. The third-order valence-electron chi connectivity index (χ3n) is 2.86. The van der Waals surface area contributed by atoms with E-state index < -0.39 is 11.6 Å². The number of benzene rings is 1. The Morgan fingerprint density at radius 3 is 2.33 bits per heavy atom. The highest BCUT2D eigenvalue weighted by atomic mass is 19.1. The summed E-state index contributed by atoms with van der Waals surface area (Å²) in [5.74, 6) is -1.21. The minimum Gasteiger partial charge on any atom is -0.387 e. The van der Waals surface area contributed by atoms with E-state index in [0.29, 0.717) is 16.6 Å². The lowest BCUT2D eigenvalue weighted by Crippen LogP contribution is -2.14. The van der Waals surface area contributed by atoms with Crippen molar-refractivity contribution >= 4 is 16.6 Å². The summed E-state index contributed by atoms with van der Waals surface area (Å²) in [7, 11) is 1.71. The van der Waals surface area contributed by atoms with Gasteiger partial charge in [-0.25, -0.2) is 8.78 Å². The number of nitrogens with one attached hydrogen (secondary N) is 1. The third kappa shape index (κ3) is 2.15. The summed E-state index contributed by atoms with van der Waals surface area (Å²) < 4.78 is 27.1. The number of fused-ring (bicyclic) bond motifs is 1. The van der Waals surface area contributed by atoms with Gasteiger partial charge in [0.25, 0.3) is 0 Å². The van der Waals surface area contributed by atoms with Crippen molar-refractivity contribution in [2.75, 3.05) is 12.4 Å². The summed E-state index contributed by atoms with van der Waals surface area (Å²) in [5, 5.41) is 3.27. The zero-order chi connectivity index (χ0) is 13.5. The van der Waals surface area contributed by atoms with Gasteiger partial charge < -0.3 is 5.32 Å². The van der Waals surface area contributed by atoms with Crippen LogP contribution < -0.4 is 5.32 Å². The molecule has 0 amide bonds. The van der Waals surface area contributed by atoms with E-state index >= 15 is 0 Å². The molecule has 0 fully saturated rings. The Morgan fingerprint density at radius 1 is 1.11 bits per heavy atom. The van der Waals surface area contributed by atoms with Crippen molar-refractivity contribution in [2.24, 2.45) is 0 Å². The summed E-state index contributed by atoms with van der Waals surface area (Å²) in [6.45, 7) is 6.03. The molecule has 96 valence electrons. The normalized spacial score (nSPS) is 11.9. The number of pyridine rings is 1. The molecule has 1 aromatic carbocycles. The van der Waals surface area contributed by atoms with Crippen LogP contribution in [0, 0.1) is 11.6 Å². The van der Waals surface area contributed by atoms with Crippen molar-refractivity contribution in [2.45, 2.75) is 26.2 Å². The quantitative estimate of drug-likeness (QED) is 0.831. The van der Waals surface area contributed by atoms with Crippen LogP contribution in [-0.2, 0) is 5.41 Å². The molecule has 0 radical (unpaired) electrons. The van der Waals surface area contributed by atoms with Gasteiger partial charge in [-0.15, -0.1) is 0 Å². The fourth-order valence-electron chi connectivity index (χ4n) is 1.87. The van der Waals surface area contributed by atoms with Crippen LogP contribution in [0.2, 0.25) is 0 Å². The van der Waals surface area contributed by atoms with Gasteiger partial charge in [0.15, 0.2) is 0 Å². The Hall–Kier alpha value is -1.71. The number of halogens is 2. The van der Waals surface area contributed by atoms with Crippen molar-refractivity contribution in [1.29, 1.82) is 0 Å². The molecule has 2 nitrogen and oxygen atoms in total. The van der Waals surface area contributed by atoms with E-state index in [9.17, 15) is 8.78 Å². The van der Waals surface area contributed by atoms with E-state index in [1.54, 1.807) is 7.05 Å². The highest BCUT2D eigenvalue weighted by Crippen LogP contribution is 2.31. The molecule has 0 aliphatic carbocycles. The van der Waals surface area contributed by atoms with E-state index in [1.807, 2.05) is 26.8 Å². The van der Waals surface area contributed by atoms with E-state index in [1.165, 1.54) is 6.07 Å². The van der Waals surface area contributed by atoms with Crippen LogP contribution in [0.3, 0.4) is 0 Å². The molecule has 0 saturated carbocycles. The molecule has 0 aliphatic heterocycles. The molecule has 2 aromatic rings. The highest BCUT2D eigenvalue weighted by Gasteiger charge is 2.19. The van der Waals surface area contributed by atoms with Crippen molar-refractivity contribution < 1.29 is 8.78 Å². The van der Waals surface area contributed by atoms with Crippen LogP contribution in [-0.4, -0.2) is 12.0 Å². The zero-order valence-electron chi connectivity index (χ0n) is 10.9. The standard InChI is InChI=1S/C14H16F2N2/c1-14(2,3)12-7-10(17-4)13-9(16)5-8(15)6-11(13)18-12/h5-7H,1-4H3,(H,17,18). The number of hydrogen-bond acceptors (Lipinski definition) is 2. The molecule has 1 heterocycles. The van der Waals surface area contributed by atoms with Gasteiger partial charge in [0.05, 0.1) is 10.9 Å². The number of nitrogens with zero attached hydrogens (tertiary/aromatic N) is 1. The summed E-state index contributed by atoms with van der Waals surface area (Å²) in [5.41, 5.74) is 1.58. The minimum absolute atomic E-state index is 0.178. The molecule has 0 spiro atoms. The van der Waals surface area contributed by atoms with Gasteiger partial charge in [-0.05, 0) is 6.07 Å². The molecule has 1 aromatic heterocycles. The fraction of sp³-hybridized carbons (Fsp3) is 0.357. The smallest absolute Gasteiger partial charge is 0.137 e. The molecular formula is C14H16F2N2. The first kappa shape index (κ1) is 12.7. The summed E-state index contributed by atoms with van der Waals surface area (Å²) in [6.07, 6.45) is 0. The van der Waals surface area contributed by atoms with E-state index in [4.69, 9.17) is 0 Å². The minimum atomic E-state index is -0.611. The van der Waals surface area contributed by atoms with Crippen LogP contribution in [0.5, 0.6) is 0 Å². The summed E-state index contributed by atoms with van der Waals surface area (Å²) in [4.78, 5) is 4.36. The molecule has 0 atom stereocenters. The van der Waals surface area contributed by atoms with Crippen LogP contribution in [0.15, 0.2) is 18.2 Å². The Bertz CT molecular complexity index is 601.